The Morgan fingerprint density at radius 1 is 1.33 bits per heavy atom. The number of likely N-dealkylation sites (tertiary alicyclic amines) is 1. The number of aryl methyl sites for hydroxylation is 2. The minimum absolute atomic E-state index is 0.0245. The number of carbonyl (C=O) groups excluding carboxylic acids is 1. The van der Waals surface area contributed by atoms with Gasteiger partial charge in [0.1, 0.15) is 0 Å². The van der Waals surface area contributed by atoms with Crippen molar-refractivity contribution in [1.29, 1.82) is 0 Å². The maximum Gasteiger partial charge on any atom is 0.230 e. The highest BCUT2D eigenvalue weighted by Crippen LogP contribution is 2.36. The smallest absolute Gasteiger partial charge is 0.230 e. The number of hydrogen-bond donors (Lipinski definition) is 0. The summed E-state index contributed by atoms with van der Waals surface area (Å²) in [5.74, 6) is 1.93. The van der Waals surface area contributed by atoms with Gasteiger partial charge in [-0.3, -0.25) is 4.79 Å². The molecule has 1 amide bonds. The number of piperidine rings is 1. The highest BCUT2D eigenvalue weighted by molar-refractivity contribution is 5.85. The van der Waals surface area contributed by atoms with Crippen LogP contribution in [0.4, 0.5) is 0 Å². The van der Waals surface area contributed by atoms with Crippen molar-refractivity contribution in [2.75, 3.05) is 13.1 Å². The summed E-state index contributed by atoms with van der Waals surface area (Å²) in [6, 6.07) is 8.35. The van der Waals surface area contributed by atoms with Crippen molar-refractivity contribution in [1.82, 2.24) is 15.0 Å². The Morgan fingerprint density at radius 2 is 2.21 bits per heavy atom. The number of carbonyl (C=O) groups is 1. The average Bonchev–Trinajstić information content (AvgIpc) is 3.28. The Morgan fingerprint density at radius 3 is 3.04 bits per heavy atom. The van der Waals surface area contributed by atoms with Crippen LogP contribution in [0.5, 0.6) is 0 Å². The van der Waals surface area contributed by atoms with Gasteiger partial charge >= 0.3 is 0 Å². The molecular formula is C19H23N3O2. The maximum atomic E-state index is 13.1. The van der Waals surface area contributed by atoms with Gasteiger partial charge in [0.05, 0.1) is 5.92 Å². The van der Waals surface area contributed by atoms with Crippen LogP contribution < -0.4 is 0 Å². The van der Waals surface area contributed by atoms with Gasteiger partial charge in [0.15, 0.2) is 5.82 Å². The molecule has 0 radical (unpaired) electrons. The molecule has 1 saturated heterocycles. The quantitative estimate of drug-likeness (QED) is 0.870. The standard InChI is InChI=1S/C19H23N3O2/c1-2-17-20-18(21-24-17)14-7-5-11-22(12-14)19(23)16-10-9-13-6-3-4-8-15(13)16/h3-4,6,8,14,16H,2,5,7,9-12H2,1H3. The fourth-order valence-corrected chi connectivity index (χ4v) is 4.00. The number of rotatable bonds is 3. The van der Waals surface area contributed by atoms with Gasteiger partial charge in [-0.2, -0.15) is 4.98 Å². The van der Waals surface area contributed by atoms with Gasteiger partial charge in [-0.25, -0.2) is 0 Å². The summed E-state index contributed by atoms with van der Waals surface area (Å²) >= 11 is 0. The van der Waals surface area contributed by atoms with Crippen LogP contribution in [-0.4, -0.2) is 34.0 Å². The molecule has 2 heterocycles. The summed E-state index contributed by atoms with van der Waals surface area (Å²) < 4.78 is 5.24. The number of nitrogens with zero attached hydrogens (tertiary/aromatic N) is 3. The van der Waals surface area contributed by atoms with E-state index in [1.54, 1.807) is 0 Å². The minimum Gasteiger partial charge on any atom is -0.341 e. The number of hydrogen-bond acceptors (Lipinski definition) is 4. The molecule has 1 aliphatic carbocycles. The Kier molecular flexibility index (Phi) is 4.08. The summed E-state index contributed by atoms with van der Waals surface area (Å²) in [6.07, 6.45) is 4.71. The fraction of sp³-hybridized carbons (Fsp3) is 0.526. The molecule has 126 valence electrons. The first-order valence-corrected chi connectivity index (χ1v) is 8.95. The van der Waals surface area contributed by atoms with Gasteiger partial charge < -0.3 is 9.42 Å². The molecule has 2 aliphatic rings. The normalized spacial score (nSPS) is 23.3. The van der Waals surface area contributed by atoms with Crippen LogP contribution in [0.2, 0.25) is 0 Å². The van der Waals surface area contributed by atoms with Gasteiger partial charge in [-0.1, -0.05) is 36.3 Å². The van der Waals surface area contributed by atoms with Crippen molar-refractivity contribution in [3.8, 4) is 0 Å². The van der Waals surface area contributed by atoms with E-state index in [9.17, 15) is 4.79 Å². The maximum absolute atomic E-state index is 13.1. The fourth-order valence-electron chi connectivity index (χ4n) is 4.00. The minimum atomic E-state index is 0.0245. The van der Waals surface area contributed by atoms with Crippen molar-refractivity contribution in [2.45, 2.75) is 50.9 Å². The second-order valence-electron chi connectivity index (χ2n) is 6.81. The van der Waals surface area contributed by atoms with E-state index in [-0.39, 0.29) is 17.7 Å². The van der Waals surface area contributed by atoms with E-state index in [1.165, 1.54) is 11.1 Å². The zero-order valence-electron chi connectivity index (χ0n) is 14.1. The van der Waals surface area contributed by atoms with E-state index in [0.29, 0.717) is 12.4 Å². The number of aromatic nitrogens is 2. The molecule has 0 spiro atoms. The summed E-state index contributed by atoms with van der Waals surface area (Å²) in [4.78, 5) is 19.5. The SMILES string of the molecule is CCc1nc(C2CCCN(C(=O)C3CCc4ccccc43)C2)no1. The van der Waals surface area contributed by atoms with E-state index in [1.807, 2.05) is 17.9 Å². The molecule has 1 fully saturated rings. The van der Waals surface area contributed by atoms with Crippen molar-refractivity contribution in [2.24, 2.45) is 0 Å². The Labute approximate surface area is 142 Å². The molecule has 5 heteroatoms. The van der Waals surface area contributed by atoms with Gasteiger partial charge in [-0.15, -0.1) is 0 Å². The number of benzene rings is 1. The third kappa shape index (κ3) is 2.72. The molecule has 0 N–H and O–H groups in total. The topological polar surface area (TPSA) is 59.2 Å². The molecule has 0 bridgehead atoms. The number of amides is 1. The predicted octanol–water partition coefficient (Wildman–Crippen LogP) is 3.07. The molecule has 2 atom stereocenters. The molecule has 2 unspecified atom stereocenters. The molecular weight excluding hydrogens is 302 g/mol. The summed E-state index contributed by atoms with van der Waals surface area (Å²) in [5.41, 5.74) is 2.55. The molecule has 1 aromatic heterocycles. The molecule has 1 aromatic carbocycles. The first-order valence-electron chi connectivity index (χ1n) is 8.95. The average molecular weight is 325 g/mol. The highest BCUT2D eigenvalue weighted by atomic mass is 16.5. The molecule has 4 rings (SSSR count). The lowest BCUT2D eigenvalue weighted by Gasteiger charge is -2.33. The Hall–Kier alpha value is -2.17. The van der Waals surface area contributed by atoms with E-state index in [2.05, 4.69) is 28.3 Å². The van der Waals surface area contributed by atoms with E-state index in [0.717, 1.165) is 44.5 Å². The van der Waals surface area contributed by atoms with Gasteiger partial charge in [0, 0.05) is 25.4 Å². The third-order valence-corrected chi connectivity index (χ3v) is 5.32. The van der Waals surface area contributed by atoms with Crippen LogP contribution in [-0.2, 0) is 17.6 Å². The molecule has 5 nitrogen and oxygen atoms in total. The third-order valence-electron chi connectivity index (χ3n) is 5.32. The van der Waals surface area contributed by atoms with Crippen LogP contribution >= 0.6 is 0 Å². The number of fused-ring (bicyclic) bond motifs is 1. The van der Waals surface area contributed by atoms with Crippen LogP contribution in [0.1, 0.15) is 60.9 Å². The van der Waals surface area contributed by atoms with Gasteiger partial charge in [0.25, 0.3) is 0 Å². The van der Waals surface area contributed by atoms with Crippen molar-refractivity contribution < 1.29 is 9.32 Å². The van der Waals surface area contributed by atoms with Crippen molar-refractivity contribution in [3.05, 3.63) is 47.1 Å². The first-order chi connectivity index (χ1) is 11.8. The lowest BCUT2D eigenvalue weighted by Crippen LogP contribution is -2.41. The van der Waals surface area contributed by atoms with Crippen LogP contribution in [0, 0.1) is 0 Å². The summed E-state index contributed by atoms with van der Waals surface area (Å²) in [7, 11) is 0. The van der Waals surface area contributed by atoms with E-state index >= 15 is 0 Å². The van der Waals surface area contributed by atoms with E-state index in [4.69, 9.17) is 4.52 Å². The zero-order chi connectivity index (χ0) is 16.5. The van der Waals surface area contributed by atoms with Crippen molar-refractivity contribution in [3.63, 3.8) is 0 Å². The lowest BCUT2D eigenvalue weighted by molar-refractivity contribution is -0.134. The van der Waals surface area contributed by atoms with Crippen molar-refractivity contribution >= 4 is 5.91 Å². The lowest BCUT2D eigenvalue weighted by atomic mass is 9.94. The second-order valence-corrected chi connectivity index (χ2v) is 6.81. The van der Waals surface area contributed by atoms with E-state index < -0.39 is 0 Å². The van der Waals surface area contributed by atoms with Crippen LogP contribution in [0.25, 0.3) is 0 Å². The molecule has 24 heavy (non-hydrogen) atoms. The van der Waals surface area contributed by atoms with Crippen LogP contribution in [0.15, 0.2) is 28.8 Å². The second kappa shape index (κ2) is 6.38. The Bertz CT molecular complexity index is 740. The Balaban J connectivity index is 1.49. The summed E-state index contributed by atoms with van der Waals surface area (Å²) in [5, 5.41) is 4.11. The van der Waals surface area contributed by atoms with Gasteiger partial charge in [-0.05, 0) is 36.8 Å². The summed E-state index contributed by atoms with van der Waals surface area (Å²) in [6.45, 7) is 3.55. The molecule has 2 aromatic rings. The highest BCUT2D eigenvalue weighted by Gasteiger charge is 2.35. The predicted molar refractivity (Wildman–Crippen MR) is 89.7 cm³/mol. The first kappa shape index (κ1) is 15.4. The van der Waals surface area contributed by atoms with Gasteiger partial charge in [0.2, 0.25) is 11.8 Å². The van der Waals surface area contributed by atoms with Crippen LogP contribution in [0.3, 0.4) is 0 Å². The monoisotopic (exact) mass is 325 g/mol. The largest absolute Gasteiger partial charge is 0.341 e. The zero-order valence-corrected chi connectivity index (χ0v) is 14.1. The molecule has 0 saturated carbocycles. The molecule has 1 aliphatic heterocycles.